The van der Waals surface area contributed by atoms with E-state index in [0.29, 0.717) is 29.2 Å². The first-order valence-corrected chi connectivity index (χ1v) is 13.7. The lowest BCUT2D eigenvalue weighted by Crippen LogP contribution is -2.08. The number of rotatable bonds is 6. The highest BCUT2D eigenvalue weighted by atomic mass is 32.1. The molecule has 0 N–H and O–H groups in total. The highest BCUT2D eigenvalue weighted by Gasteiger charge is 2.35. The van der Waals surface area contributed by atoms with E-state index >= 15 is 0 Å². The number of thiophene rings is 1. The molecule has 4 nitrogen and oxygen atoms in total. The van der Waals surface area contributed by atoms with Crippen LogP contribution in [0.15, 0.2) is 83.6 Å². The predicted molar refractivity (Wildman–Crippen MR) is 147 cm³/mol. The molecule has 0 aliphatic heterocycles. The van der Waals surface area contributed by atoms with E-state index in [4.69, 9.17) is 4.98 Å². The van der Waals surface area contributed by atoms with Crippen molar-refractivity contribution >= 4 is 33.7 Å². The van der Waals surface area contributed by atoms with Gasteiger partial charge in [0.05, 0.1) is 37.9 Å². The molecule has 190 valence electrons. The fourth-order valence-electron chi connectivity index (χ4n) is 4.51. The third-order valence-corrected chi connectivity index (χ3v) is 8.13. The number of nitrogens with zero attached hydrogens (tertiary/aromatic N) is 4. The average Bonchev–Trinajstić information content (AvgIpc) is 3.68. The Kier molecular flexibility index (Phi) is 6.33. The van der Waals surface area contributed by atoms with Gasteiger partial charge in [-0.1, -0.05) is 60.7 Å². The molecule has 0 fully saturated rings. The van der Waals surface area contributed by atoms with Crippen LogP contribution >= 0.6 is 22.7 Å². The Morgan fingerprint density at radius 3 is 2.26 bits per heavy atom. The molecule has 0 aliphatic rings. The van der Waals surface area contributed by atoms with Crippen LogP contribution in [0.2, 0.25) is 0 Å². The number of halogens is 3. The van der Waals surface area contributed by atoms with E-state index in [1.807, 2.05) is 29.0 Å². The quantitative estimate of drug-likeness (QED) is 0.210. The number of hydrogen-bond donors (Lipinski definition) is 0. The maximum absolute atomic E-state index is 14.0. The lowest BCUT2D eigenvalue weighted by molar-refractivity contribution is -0.136. The molecule has 0 amide bonds. The lowest BCUT2D eigenvalue weighted by Gasteiger charge is -2.11. The smallest absolute Gasteiger partial charge is 0.247 e. The third kappa shape index (κ3) is 4.75. The van der Waals surface area contributed by atoms with Gasteiger partial charge in [0.25, 0.3) is 0 Å². The summed E-state index contributed by atoms with van der Waals surface area (Å²) in [5.74, 6) is 0. The lowest BCUT2D eigenvalue weighted by atomic mass is 10.0. The Morgan fingerprint density at radius 2 is 1.55 bits per heavy atom. The minimum atomic E-state index is -4.51. The number of pyridine rings is 1. The molecule has 6 rings (SSSR count). The topological polar surface area (TPSA) is 43.6 Å². The fourth-order valence-corrected chi connectivity index (χ4v) is 5.99. The fraction of sp³-hybridized carbons (Fsp3) is 0.138. The van der Waals surface area contributed by atoms with Gasteiger partial charge in [0.15, 0.2) is 5.65 Å². The van der Waals surface area contributed by atoms with Gasteiger partial charge in [-0.05, 0) is 35.6 Å². The Morgan fingerprint density at radius 1 is 0.816 bits per heavy atom. The van der Waals surface area contributed by atoms with E-state index in [9.17, 15) is 13.2 Å². The predicted octanol–water partition coefficient (Wildman–Crippen LogP) is 8.52. The highest BCUT2D eigenvalue weighted by Crippen LogP contribution is 2.39. The van der Waals surface area contributed by atoms with Crippen molar-refractivity contribution in [2.24, 2.45) is 0 Å². The molecule has 0 saturated heterocycles. The molecule has 4 heterocycles. The van der Waals surface area contributed by atoms with Gasteiger partial charge in [0, 0.05) is 23.9 Å². The number of aryl methyl sites for hydroxylation is 3. The Balaban J connectivity index is 1.26. The van der Waals surface area contributed by atoms with Crippen LogP contribution in [-0.4, -0.2) is 19.7 Å². The van der Waals surface area contributed by atoms with Gasteiger partial charge in [-0.15, -0.1) is 22.7 Å². The van der Waals surface area contributed by atoms with Gasteiger partial charge < -0.3 is 0 Å². The molecule has 2 aromatic carbocycles. The number of hydrogen-bond acceptors (Lipinski definition) is 5. The van der Waals surface area contributed by atoms with Crippen molar-refractivity contribution in [1.29, 1.82) is 0 Å². The van der Waals surface area contributed by atoms with Crippen LogP contribution in [0.3, 0.4) is 0 Å². The van der Waals surface area contributed by atoms with Gasteiger partial charge in [0.2, 0.25) is 0 Å². The van der Waals surface area contributed by atoms with Crippen LogP contribution in [0, 0.1) is 6.92 Å². The van der Waals surface area contributed by atoms with E-state index in [0.717, 1.165) is 33.5 Å². The van der Waals surface area contributed by atoms with Crippen LogP contribution in [0.1, 0.15) is 16.3 Å². The molecule has 38 heavy (non-hydrogen) atoms. The molecular formula is C29H21F3N4S2. The summed E-state index contributed by atoms with van der Waals surface area (Å²) >= 11 is 2.89. The zero-order chi connectivity index (χ0) is 26.3. The molecule has 0 radical (unpaired) electrons. The van der Waals surface area contributed by atoms with Crippen molar-refractivity contribution < 1.29 is 13.2 Å². The van der Waals surface area contributed by atoms with Gasteiger partial charge in [-0.2, -0.15) is 18.3 Å². The van der Waals surface area contributed by atoms with Crippen LogP contribution in [0.25, 0.3) is 44.0 Å². The summed E-state index contributed by atoms with van der Waals surface area (Å²) in [6, 6.07) is 23.2. The van der Waals surface area contributed by atoms with Gasteiger partial charge >= 0.3 is 6.18 Å². The number of alkyl halides is 3. The maximum Gasteiger partial charge on any atom is 0.417 e. The van der Waals surface area contributed by atoms with Crippen molar-refractivity contribution in [3.63, 3.8) is 0 Å². The molecule has 0 aliphatic carbocycles. The van der Waals surface area contributed by atoms with Gasteiger partial charge in [0.1, 0.15) is 0 Å². The largest absolute Gasteiger partial charge is 0.417 e. The van der Waals surface area contributed by atoms with Crippen molar-refractivity contribution in [3.05, 3.63) is 99.8 Å². The molecule has 9 heteroatoms. The van der Waals surface area contributed by atoms with Crippen LogP contribution in [0.4, 0.5) is 13.2 Å². The van der Waals surface area contributed by atoms with Crippen LogP contribution in [-0.2, 0) is 19.1 Å². The standard InChI is InChI=1S/C29H21F3N4S2/c1-18-27-22(29(30,31)32)16-23(25-8-5-15-37-25)34-28(27)36(35-18)14-13-26-33-24(17-38-26)21-11-9-20(10-12-21)19-6-3-2-4-7-19/h2-12,15-17H,13-14H2,1H3. The highest BCUT2D eigenvalue weighted by molar-refractivity contribution is 7.13. The molecule has 0 unspecified atom stereocenters. The van der Waals surface area contributed by atoms with Crippen molar-refractivity contribution in [2.45, 2.75) is 26.1 Å². The molecule has 4 aromatic heterocycles. The summed E-state index contributed by atoms with van der Waals surface area (Å²) in [4.78, 5) is 10.1. The normalized spacial score (nSPS) is 11.9. The minimum absolute atomic E-state index is 0.0520. The van der Waals surface area contributed by atoms with Gasteiger partial charge in [-0.3, -0.25) is 0 Å². The van der Waals surface area contributed by atoms with Crippen molar-refractivity contribution in [2.75, 3.05) is 0 Å². The summed E-state index contributed by atoms with van der Waals surface area (Å²) in [6.07, 6.45) is -3.97. The van der Waals surface area contributed by atoms with Crippen LogP contribution in [0.5, 0.6) is 0 Å². The summed E-state index contributed by atoms with van der Waals surface area (Å²) < 4.78 is 43.6. The Bertz CT molecular complexity index is 1700. The second-order valence-corrected chi connectivity index (χ2v) is 10.7. The zero-order valence-electron chi connectivity index (χ0n) is 20.2. The number of benzene rings is 2. The Hall–Kier alpha value is -3.82. The summed E-state index contributed by atoms with van der Waals surface area (Å²) in [5, 5.41) is 9.21. The first-order chi connectivity index (χ1) is 18.4. The summed E-state index contributed by atoms with van der Waals surface area (Å²) in [5.41, 5.74) is 4.35. The van der Waals surface area contributed by atoms with E-state index in [1.165, 1.54) is 22.7 Å². The molecular weight excluding hydrogens is 525 g/mol. The van der Waals surface area contributed by atoms with Crippen LogP contribution < -0.4 is 0 Å². The average molecular weight is 547 g/mol. The summed E-state index contributed by atoms with van der Waals surface area (Å²) in [7, 11) is 0. The van der Waals surface area contributed by atoms with E-state index in [-0.39, 0.29) is 11.0 Å². The second-order valence-electron chi connectivity index (χ2n) is 8.86. The third-order valence-electron chi connectivity index (χ3n) is 6.33. The monoisotopic (exact) mass is 546 g/mol. The number of aromatic nitrogens is 4. The number of fused-ring (bicyclic) bond motifs is 1. The van der Waals surface area contributed by atoms with Crippen molar-refractivity contribution in [3.8, 4) is 33.0 Å². The molecule has 0 saturated carbocycles. The summed E-state index contributed by atoms with van der Waals surface area (Å²) in [6.45, 7) is 1.98. The molecule has 0 spiro atoms. The van der Waals surface area contributed by atoms with E-state index < -0.39 is 11.7 Å². The zero-order valence-corrected chi connectivity index (χ0v) is 21.9. The number of thiazole rings is 1. The first-order valence-electron chi connectivity index (χ1n) is 12.0. The SMILES string of the molecule is Cc1nn(CCc2nc(-c3ccc(-c4ccccc4)cc3)cs2)c2nc(-c3cccs3)cc(C(F)(F)F)c12. The Labute approximate surface area is 225 Å². The van der Waals surface area contributed by atoms with E-state index in [2.05, 4.69) is 46.5 Å². The molecule has 0 atom stereocenters. The second kappa shape index (κ2) is 9.81. The first kappa shape index (κ1) is 24.5. The maximum atomic E-state index is 14.0. The molecule has 6 aromatic rings. The van der Waals surface area contributed by atoms with E-state index in [1.54, 1.807) is 23.7 Å². The molecule has 0 bridgehead atoms. The van der Waals surface area contributed by atoms with Crippen molar-refractivity contribution in [1.82, 2.24) is 19.7 Å². The minimum Gasteiger partial charge on any atom is -0.247 e. The van der Waals surface area contributed by atoms with Gasteiger partial charge in [-0.25, -0.2) is 14.6 Å².